The van der Waals surface area contributed by atoms with Crippen molar-refractivity contribution in [1.82, 2.24) is 39.5 Å². The van der Waals surface area contributed by atoms with Crippen LogP contribution in [0.5, 0.6) is 0 Å². The van der Waals surface area contributed by atoms with Crippen LogP contribution in [0.25, 0.3) is 33.3 Å². The highest BCUT2D eigenvalue weighted by molar-refractivity contribution is 5.98. The van der Waals surface area contributed by atoms with E-state index in [2.05, 4.69) is 31.8 Å². The second-order valence-corrected chi connectivity index (χ2v) is 13.4. The maximum Gasteiger partial charge on any atom is 0.338 e. The Kier molecular flexibility index (Phi) is 9.16. The second kappa shape index (κ2) is 14.2. The maximum atomic E-state index is 13.3. The fraction of sp³-hybridized carbons (Fsp3) is 0.368. The third-order valence-electron chi connectivity index (χ3n) is 10.2. The number of carboxylic acids is 1. The van der Waals surface area contributed by atoms with Gasteiger partial charge in [-0.3, -0.25) is 24.2 Å². The predicted octanol–water partition coefficient (Wildman–Crippen LogP) is 4.34. The molecule has 0 bridgehead atoms. The lowest BCUT2D eigenvalue weighted by molar-refractivity contribution is -0.129. The van der Waals surface area contributed by atoms with Crippen LogP contribution in [0.2, 0.25) is 0 Å². The van der Waals surface area contributed by atoms with E-state index in [4.69, 9.17) is 24.7 Å². The third-order valence-corrected chi connectivity index (χ3v) is 10.2. The number of ether oxygens (including phenoxy) is 2. The second-order valence-electron chi connectivity index (χ2n) is 13.4. The van der Waals surface area contributed by atoms with E-state index in [-0.39, 0.29) is 36.1 Å². The van der Waals surface area contributed by atoms with E-state index in [0.717, 1.165) is 71.3 Å². The third kappa shape index (κ3) is 6.62. The largest absolute Gasteiger partial charge is 0.478 e. The first-order valence-corrected chi connectivity index (χ1v) is 17.6. The van der Waals surface area contributed by atoms with Crippen LogP contribution < -0.4 is 0 Å². The number of carboxylic acid groups (broad SMARTS) is 1. The maximum absolute atomic E-state index is 13.3. The Balaban J connectivity index is 0.980. The fourth-order valence-corrected chi connectivity index (χ4v) is 7.31. The number of hydrogen-bond donors (Lipinski definition) is 1. The minimum atomic E-state index is -1.09. The van der Waals surface area contributed by atoms with Gasteiger partial charge in [0.15, 0.2) is 5.82 Å². The lowest BCUT2D eigenvalue weighted by Gasteiger charge is -2.29. The molecule has 1 unspecified atom stereocenters. The minimum absolute atomic E-state index is 0.0118. The van der Waals surface area contributed by atoms with Crippen LogP contribution in [0.1, 0.15) is 70.2 Å². The molecule has 266 valence electrons. The van der Waals surface area contributed by atoms with Crippen molar-refractivity contribution in [2.24, 2.45) is 0 Å². The highest BCUT2D eigenvalue weighted by Crippen LogP contribution is 2.37. The molecule has 0 radical (unpaired) electrons. The van der Waals surface area contributed by atoms with E-state index in [1.54, 1.807) is 24.1 Å². The van der Waals surface area contributed by atoms with Gasteiger partial charge < -0.3 is 24.4 Å². The minimum Gasteiger partial charge on any atom is -0.478 e. The molecule has 0 spiro atoms. The van der Waals surface area contributed by atoms with Crippen LogP contribution in [-0.2, 0) is 33.8 Å². The molecule has 7 heterocycles. The zero-order valence-corrected chi connectivity index (χ0v) is 28.8. The molecule has 3 aliphatic heterocycles. The Bertz CT molecular complexity index is 2150. The molecule has 1 atom stereocenters. The molecule has 2 saturated heterocycles. The zero-order valence-electron chi connectivity index (χ0n) is 28.8. The lowest BCUT2D eigenvalue weighted by atomic mass is 9.96. The molecule has 52 heavy (non-hydrogen) atoms. The molecule has 0 aliphatic carbocycles. The zero-order chi connectivity index (χ0) is 35.8. The summed E-state index contributed by atoms with van der Waals surface area (Å²) in [4.78, 5) is 57.7. The van der Waals surface area contributed by atoms with Crippen molar-refractivity contribution in [3.05, 3.63) is 89.5 Å². The molecule has 2 fully saturated rings. The molecule has 14 heteroatoms. The summed E-state index contributed by atoms with van der Waals surface area (Å²) in [5, 5.41) is 16.2. The Hall–Kier alpha value is -5.60. The van der Waals surface area contributed by atoms with E-state index in [9.17, 15) is 14.4 Å². The van der Waals surface area contributed by atoms with Crippen LogP contribution in [0.3, 0.4) is 0 Å². The number of hydrogen-bond acceptors (Lipinski definition) is 10. The van der Waals surface area contributed by atoms with Crippen molar-refractivity contribution in [3.63, 3.8) is 0 Å². The first-order chi connectivity index (χ1) is 25.3. The number of fused-ring (bicyclic) bond motifs is 2. The van der Waals surface area contributed by atoms with Gasteiger partial charge in [0.1, 0.15) is 12.3 Å². The molecule has 3 aliphatic rings. The van der Waals surface area contributed by atoms with E-state index in [1.165, 1.54) is 18.1 Å². The van der Waals surface area contributed by atoms with Crippen molar-refractivity contribution in [3.8, 4) is 22.5 Å². The topological polar surface area (TPSA) is 166 Å². The number of amides is 2. The normalized spacial score (nSPS) is 17.8. The summed E-state index contributed by atoms with van der Waals surface area (Å²) in [5.41, 5.74) is 6.07. The lowest BCUT2D eigenvalue weighted by Crippen LogP contribution is -2.35. The molecule has 0 saturated carbocycles. The Labute approximate surface area is 299 Å². The molecule has 1 N–H and O–H groups in total. The highest BCUT2D eigenvalue weighted by atomic mass is 16.5. The number of aromatic carboxylic acids is 1. The highest BCUT2D eigenvalue weighted by Gasteiger charge is 2.31. The van der Waals surface area contributed by atoms with Crippen LogP contribution in [0, 0.1) is 0 Å². The SMILES string of the molecule is CC(=O)N1CCc2c(c(-c3cccc4cc(-c5ccc(C(=O)N6CCC(OCc7ncc(C(=O)O)cn7)C6)nc5)ncc34)nn2C2CCOCC2)C1. The predicted molar refractivity (Wildman–Crippen MR) is 188 cm³/mol. The van der Waals surface area contributed by atoms with Crippen molar-refractivity contribution in [2.45, 2.75) is 57.9 Å². The smallest absolute Gasteiger partial charge is 0.338 e. The summed E-state index contributed by atoms with van der Waals surface area (Å²) in [7, 11) is 0. The van der Waals surface area contributed by atoms with Gasteiger partial charge in [-0.15, -0.1) is 0 Å². The molecule has 4 aromatic heterocycles. The number of carbonyl (C=O) groups is 3. The fourth-order valence-electron chi connectivity index (χ4n) is 7.31. The van der Waals surface area contributed by atoms with Crippen molar-refractivity contribution >= 4 is 28.6 Å². The Morgan fingerprint density at radius 2 is 1.77 bits per heavy atom. The molecule has 14 nitrogen and oxygen atoms in total. The van der Waals surface area contributed by atoms with Gasteiger partial charge in [0.25, 0.3) is 5.91 Å². The van der Waals surface area contributed by atoms with E-state index >= 15 is 0 Å². The van der Waals surface area contributed by atoms with Gasteiger partial charge in [-0.2, -0.15) is 5.10 Å². The summed E-state index contributed by atoms with van der Waals surface area (Å²) >= 11 is 0. The van der Waals surface area contributed by atoms with Gasteiger partial charge >= 0.3 is 5.97 Å². The van der Waals surface area contributed by atoms with E-state index in [0.29, 0.717) is 44.1 Å². The van der Waals surface area contributed by atoms with Gasteiger partial charge in [0, 0.05) is 105 Å². The van der Waals surface area contributed by atoms with Crippen LogP contribution in [0.4, 0.5) is 0 Å². The summed E-state index contributed by atoms with van der Waals surface area (Å²) in [6.45, 7) is 5.35. The van der Waals surface area contributed by atoms with Gasteiger partial charge in [0.05, 0.1) is 29.1 Å². The number of rotatable bonds is 8. The van der Waals surface area contributed by atoms with Crippen LogP contribution in [0.15, 0.2) is 61.2 Å². The van der Waals surface area contributed by atoms with Gasteiger partial charge in [-0.25, -0.2) is 14.8 Å². The summed E-state index contributed by atoms with van der Waals surface area (Å²) in [5.74, 6) is -0.821. The summed E-state index contributed by atoms with van der Waals surface area (Å²) < 4.78 is 13.7. The average Bonchev–Trinajstić information content (AvgIpc) is 3.82. The molecular formula is C38H38N8O6. The molecular weight excluding hydrogens is 664 g/mol. The van der Waals surface area contributed by atoms with E-state index in [1.807, 2.05) is 29.3 Å². The molecule has 8 rings (SSSR count). The number of benzene rings is 1. The Morgan fingerprint density at radius 1 is 0.942 bits per heavy atom. The van der Waals surface area contributed by atoms with Crippen molar-refractivity contribution in [2.75, 3.05) is 32.8 Å². The summed E-state index contributed by atoms with van der Waals surface area (Å²) in [6, 6.07) is 12.1. The number of aromatic nitrogens is 6. The van der Waals surface area contributed by atoms with Crippen LogP contribution in [-0.4, -0.2) is 101 Å². The summed E-state index contributed by atoms with van der Waals surface area (Å²) in [6.07, 6.45) is 9.13. The molecule has 1 aromatic carbocycles. The molecule has 2 amide bonds. The van der Waals surface area contributed by atoms with Crippen molar-refractivity contribution in [1.29, 1.82) is 0 Å². The monoisotopic (exact) mass is 702 g/mol. The van der Waals surface area contributed by atoms with E-state index < -0.39 is 5.97 Å². The van der Waals surface area contributed by atoms with Gasteiger partial charge in [-0.05, 0) is 42.8 Å². The Morgan fingerprint density at radius 3 is 2.52 bits per heavy atom. The van der Waals surface area contributed by atoms with Crippen LogP contribution >= 0.6 is 0 Å². The average molecular weight is 703 g/mol. The number of likely N-dealkylation sites (tertiary alicyclic amines) is 1. The standard InChI is InChI=1S/C38H38N8O6/c1-23(47)44-12-8-34-31(21-44)36(43-46(34)27-9-13-51-14-10-27)29-4-2-3-24-15-33(40-19-30(24)29)25-5-6-32(39-16-25)37(48)45-11-7-28(20-45)52-22-35-41-17-26(18-42-35)38(49)50/h2-6,15-19,27-28H,7-14,20-22H2,1H3,(H,49,50). The number of carbonyl (C=O) groups excluding carboxylic acids is 2. The quantitative estimate of drug-likeness (QED) is 0.245. The molecule has 5 aromatic rings. The number of pyridine rings is 2. The van der Waals surface area contributed by atoms with Gasteiger partial charge in [0.2, 0.25) is 5.91 Å². The van der Waals surface area contributed by atoms with Crippen molar-refractivity contribution < 1.29 is 29.0 Å². The first kappa shape index (κ1) is 33.5. The van der Waals surface area contributed by atoms with Gasteiger partial charge in [-0.1, -0.05) is 18.2 Å². The number of nitrogens with zero attached hydrogens (tertiary/aromatic N) is 8. The first-order valence-electron chi connectivity index (χ1n) is 17.6.